The van der Waals surface area contributed by atoms with Crippen molar-refractivity contribution in [3.05, 3.63) is 5.28 Å². The van der Waals surface area contributed by atoms with Crippen LogP contribution in [0.3, 0.4) is 0 Å². The van der Waals surface area contributed by atoms with Crippen LogP contribution in [0.2, 0.25) is 5.28 Å². The van der Waals surface area contributed by atoms with Crippen LogP contribution in [0, 0.1) is 5.92 Å². The second kappa shape index (κ2) is 4.80. The minimum Gasteiger partial charge on any atom is -0.467 e. The highest BCUT2D eigenvalue weighted by atomic mass is 35.5. The lowest BCUT2D eigenvalue weighted by Crippen LogP contribution is -2.24. The normalized spacial score (nSPS) is 20.2. The minimum absolute atomic E-state index is 0.151. The van der Waals surface area contributed by atoms with E-state index in [1.807, 2.05) is 4.90 Å². The van der Waals surface area contributed by atoms with Gasteiger partial charge < -0.3 is 15.4 Å². The molecule has 1 saturated heterocycles. The fourth-order valence-corrected chi connectivity index (χ4v) is 1.91. The summed E-state index contributed by atoms with van der Waals surface area (Å²) in [5, 5.41) is 0.151. The van der Waals surface area contributed by atoms with Gasteiger partial charge >= 0.3 is 6.01 Å². The Hall–Kier alpha value is -1.14. The van der Waals surface area contributed by atoms with Crippen molar-refractivity contribution >= 4 is 17.5 Å². The van der Waals surface area contributed by atoms with Gasteiger partial charge in [-0.2, -0.15) is 15.0 Å². The van der Waals surface area contributed by atoms with Gasteiger partial charge in [-0.05, 0) is 30.5 Å². The van der Waals surface area contributed by atoms with Gasteiger partial charge in [-0.1, -0.05) is 0 Å². The second-order valence-corrected chi connectivity index (χ2v) is 4.07. The van der Waals surface area contributed by atoms with Crippen LogP contribution in [-0.4, -0.2) is 41.7 Å². The van der Waals surface area contributed by atoms with E-state index in [9.17, 15) is 0 Å². The van der Waals surface area contributed by atoms with Gasteiger partial charge in [0, 0.05) is 13.1 Å². The summed E-state index contributed by atoms with van der Waals surface area (Å²) in [5.41, 5.74) is 5.63. The monoisotopic (exact) mass is 243 g/mol. The van der Waals surface area contributed by atoms with Gasteiger partial charge in [0.1, 0.15) is 0 Å². The zero-order chi connectivity index (χ0) is 11.5. The van der Waals surface area contributed by atoms with E-state index in [0.717, 1.165) is 19.5 Å². The molecule has 0 aliphatic carbocycles. The first-order valence-corrected chi connectivity index (χ1v) is 5.51. The third kappa shape index (κ3) is 2.33. The Labute approximate surface area is 98.8 Å². The van der Waals surface area contributed by atoms with E-state index in [2.05, 4.69) is 15.0 Å². The van der Waals surface area contributed by atoms with Crippen LogP contribution in [0.15, 0.2) is 0 Å². The van der Waals surface area contributed by atoms with Gasteiger partial charge in [0.05, 0.1) is 7.11 Å². The molecule has 2 N–H and O–H groups in total. The molecule has 1 unspecified atom stereocenters. The average molecular weight is 244 g/mol. The number of hydrogen-bond acceptors (Lipinski definition) is 6. The summed E-state index contributed by atoms with van der Waals surface area (Å²) in [6.45, 7) is 2.44. The Morgan fingerprint density at radius 2 is 2.31 bits per heavy atom. The van der Waals surface area contributed by atoms with Crippen LogP contribution in [0.5, 0.6) is 6.01 Å². The van der Waals surface area contributed by atoms with Gasteiger partial charge in [-0.25, -0.2) is 0 Å². The summed E-state index contributed by atoms with van der Waals surface area (Å²) in [7, 11) is 1.50. The molecule has 2 rings (SSSR count). The first kappa shape index (κ1) is 11.3. The number of rotatable bonds is 3. The van der Waals surface area contributed by atoms with Crippen molar-refractivity contribution in [1.82, 2.24) is 15.0 Å². The standard InChI is InChI=1S/C9H14ClN5O/c1-16-9-13-7(10)12-8(14-9)15-3-2-6(4-11)5-15/h6H,2-5,11H2,1H3. The van der Waals surface area contributed by atoms with Crippen molar-refractivity contribution in [2.45, 2.75) is 6.42 Å². The van der Waals surface area contributed by atoms with E-state index < -0.39 is 0 Å². The highest BCUT2D eigenvalue weighted by Gasteiger charge is 2.24. The van der Waals surface area contributed by atoms with Crippen molar-refractivity contribution in [2.24, 2.45) is 11.7 Å². The van der Waals surface area contributed by atoms with Crippen molar-refractivity contribution in [2.75, 3.05) is 31.6 Å². The molecule has 0 bridgehead atoms. The Morgan fingerprint density at radius 1 is 1.50 bits per heavy atom. The van der Waals surface area contributed by atoms with E-state index in [-0.39, 0.29) is 11.3 Å². The molecular formula is C9H14ClN5O. The smallest absolute Gasteiger partial charge is 0.322 e. The van der Waals surface area contributed by atoms with Gasteiger partial charge in [0.25, 0.3) is 0 Å². The topological polar surface area (TPSA) is 77.2 Å². The summed E-state index contributed by atoms with van der Waals surface area (Å²) in [6.07, 6.45) is 1.06. The molecule has 88 valence electrons. The number of ether oxygens (including phenoxy) is 1. The van der Waals surface area contributed by atoms with Crippen LogP contribution >= 0.6 is 11.6 Å². The first-order valence-electron chi connectivity index (χ1n) is 5.13. The van der Waals surface area contributed by atoms with Crippen LogP contribution < -0.4 is 15.4 Å². The molecular weight excluding hydrogens is 230 g/mol. The van der Waals surface area contributed by atoms with Crippen LogP contribution in [0.25, 0.3) is 0 Å². The molecule has 16 heavy (non-hydrogen) atoms. The number of methoxy groups -OCH3 is 1. The fourth-order valence-electron chi connectivity index (χ4n) is 1.76. The highest BCUT2D eigenvalue weighted by molar-refractivity contribution is 6.28. The molecule has 0 amide bonds. The highest BCUT2D eigenvalue weighted by Crippen LogP contribution is 2.22. The summed E-state index contributed by atoms with van der Waals surface area (Å²) >= 11 is 5.78. The SMILES string of the molecule is COc1nc(Cl)nc(N2CCC(CN)C2)n1. The van der Waals surface area contributed by atoms with Crippen molar-refractivity contribution < 1.29 is 4.74 Å². The van der Waals surface area contributed by atoms with Crippen molar-refractivity contribution in [1.29, 1.82) is 0 Å². The Kier molecular flexibility index (Phi) is 3.40. The molecule has 1 aliphatic heterocycles. The largest absolute Gasteiger partial charge is 0.467 e. The van der Waals surface area contributed by atoms with E-state index >= 15 is 0 Å². The van der Waals surface area contributed by atoms with Crippen molar-refractivity contribution in [3.63, 3.8) is 0 Å². The maximum atomic E-state index is 5.78. The second-order valence-electron chi connectivity index (χ2n) is 3.73. The lowest BCUT2D eigenvalue weighted by molar-refractivity contribution is 0.378. The molecule has 0 spiro atoms. The third-order valence-electron chi connectivity index (χ3n) is 2.66. The summed E-state index contributed by atoms with van der Waals surface area (Å²) < 4.78 is 4.95. The molecule has 1 aliphatic rings. The summed E-state index contributed by atoms with van der Waals surface area (Å²) in [4.78, 5) is 14.1. The van der Waals surface area contributed by atoms with Gasteiger partial charge in [-0.3, -0.25) is 0 Å². The van der Waals surface area contributed by atoms with E-state index in [1.54, 1.807) is 0 Å². The Bertz CT molecular complexity index is 375. The molecule has 0 aromatic carbocycles. The fraction of sp³-hybridized carbons (Fsp3) is 0.667. The van der Waals surface area contributed by atoms with Gasteiger partial charge in [0.2, 0.25) is 11.2 Å². The predicted octanol–water partition coefficient (Wildman–Crippen LogP) is 0.319. The summed E-state index contributed by atoms with van der Waals surface area (Å²) in [6, 6.07) is 0.242. The number of nitrogens with zero attached hydrogens (tertiary/aromatic N) is 4. The maximum absolute atomic E-state index is 5.78. The number of aromatic nitrogens is 3. The van der Waals surface area contributed by atoms with E-state index in [1.165, 1.54) is 7.11 Å². The van der Waals surface area contributed by atoms with Crippen LogP contribution in [0.1, 0.15) is 6.42 Å². The van der Waals surface area contributed by atoms with Gasteiger partial charge in [-0.15, -0.1) is 0 Å². The molecule has 6 nitrogen and oxygen atoms in total. The maximum Gasteiger partial charge on any atom is 0.322 e. The summed E-state index contributed by atoms with van der Waals surface area (Å²) in [5.74, 6) is 1.06. The van der Waals surface area contributed by atoms with Crippen LogP contribution in [-0.2, 0) is 0 Å². The molecule has 1 aromatic heterocycles. The molecule has 0 saturated carbocycles. The zero-order valence-corrected chi connectivity index (χ0v) is 9.81. The first-order chi connectivity index (χ1) is 7.72. The predicted molar refractivity (Wildman–Crippen MR) is 60.8 cm³/mol. The number of anilines is 1. The van der Waals surface area contributed by atoms with Crippen LogP contribution in [0.4, 0.5) is 5.95 Å². The molecule has 7 heteroatoms. The number of hydrogen-bond donors (Lipinski definition) is 1. The molecule has 1 aromatic rings. The zero-order valence-electron chi connectivity index (χ0n) is 9.06. The van der Waals surface area contributed by atoms with Crippen molar-refractivity contribution in [3.8, 4) is 6.01 Å². The van der Waals surface area contributed by atoms with E-state index in [0.29, 0.717) is 18.4 Å². The molecule has 0 radical (unpaired) electrons. The van der Waals surface area contributed by atoms with E-state index in [4.69, 9.17) is 22.1 Å². The number of halogens is 1. The lowest BCUT2D eigenvalue weighted by atomic mass is 10.1. The Morgan fingerprint density at radius 3 is 2.94 bits per heavy atom. The number of nitrogens with two attached hydrogens (primary N) is 1. The van der Waals surface area contributed by atoms with Gasteiger partial charge in [0.15, 0.2) is 0 Å². The average Bonchev–Trinajstić information content (AvgIpc) is 2.76. The minimum atomic E-state index is 0.151. The third-order valence-corrected chi connectivity index (χ3v) is 2.83. The lowest BCUT2D eigenvalue weighted by Gasteiger charge is -2.16. The molecule has 1 atom stereocenters. The molecule has 1 fully saturated rings. The molecule has 2 heterocycles. The quantitative estimate of drug-likeness (QED) is 0.824. The Balaban J connectivity index is 2.17.